The van der Waals surface area contributed by atoms with Crippen molar-refractivity contribution in [2.75, 3.05) is 0 Å². The van der Waals surface area contributed by atoms with Gasteiger partial charge in [-0.05, 0) is 13.3 Å². The predicted octanol–water partition coefficient (Wildman–Crippen LogP) is 0.337. The number of nitrogens with two attached hydrogens (primary N) is 1. The Morgan fingerprint density at radius 3 is 3.00 bits per heavy atom. The lowest BCUT2D eigenvalue weighted by atomic mass is 10.2. The summed E-state index contributed by atoms with van der Waals surface area (Å²) in [5.74, 6) is 0.473. The van der Waals surface area contributed by atoms with E-state index in [1.807, 2.05) is 13.8 Å². The zero-order valence-electron chi connectivity index (χ0n) is 8.41. The summed E-state index contributed by atoms with van der Waals surface area (Å²) in [6, 6.07) is 1.33. The van der Waals surface area contributed by atoms with Crippen LogP contribution in [-0.2, 0) is 11.3 Å². The van der Waals surface area contributed by atoms with Gasteiger partial charge in [0.25, 0.3) is 0 Å². The number of carbonyl (C=O) groups excluding carboxylic acids is 1. The summed E-state index contributed by atoms with van der Waals surface area (Å²) in [6.45, 7) is 4.03. The molecule has 0 radical (unpaired) electrons. The van der Waals surface area contributed by atoms with Crippen LogP contribution in [0.3, 0.4) is 0 Å². The van der Waals surface area contributed by atoms with Gasteiger partial charge < -0.3 is 15.6 Å². The van der Waals surface area contributed by atoms with Crippen LogP contribution in [0.5, 0.6) is 0 Å². The van der Waals surface area contributed by atoms with Gasteiger partial charge in [0.2, 0.25) is 5.91 Å². The van der Waals surface area contributed by atoms with Crippen molar-refractivity contribution in [3.8, 4) is 0 Å². The summed E-state index contributed by atoms with van der Waals surface area (Å²) in [5, 5.41) is 6.37. The fraction of sp³-hybridized carbons (Fsp3) is 0.556. The van der Waals surface area contributed by atoms with Crippen molar-refractivity contribution in [1.82, 2.24) is 10.5 Å². The monoisotopic (exact) mass is 197 g/mol. The van der Waals surface area contributed by atoms with Gasteiger partial charge in [-0.25, -0.2) is 0 Å². The number of nitrogens with one attached hydrogen (secondary N) is 1. The van der Waals surface area contributed by atoms with Gasteiger partial charge in [-0.3, -0.25) is 4.79 Å². The molecule has 5 nitrogen and oxygen atoms in total. The highest BCUT2D eigenvalue weighted by atomic mass is 16.5. The van der Waals surface area contributed by atoms with Crippen molar-refractivity contribution in [1.29, 1.82) is 0 Å². The van der Waals surface area contributed by atoms with E-state index in [9.17, 15) is 4.79 Å². The summed E-state index contributed by atoms with van der Waals surface area (Å²) in [6.07, 6.45) is 0.626. The van der Waals surface area contributed by atoms with Gasteiger partial charge in [-0.2, -0.15) is 0 Å². The van der Waals surface area contributed by atoms with Crippen molar-refractivity contribution in [2.45, 2.75) is 32.9 Å². The van der Waals surface area contributed by atoms with E-state index < -0.39 is 6.04 Å². The third kappa shape index (κ3) is 2.85. The van der Waals surface area contributed by atoms with E-state index >= 15 is 0 Å². The standard InChI is InChI=1S/C9H15N3O2/c1-3-8(10)9(13)11-5-7-4-6(2)12-14-7/h4,8H,3,5,10H2,1-2H3,(H,11,13)/t8-/m1/s1. The van der Waals surface area contributed by atoms with E-state index in [0.717, 1.165) is 5.69 Å². The van der Waals surface area contributed by atoms with E-state index in [1.165, 1.54) is 0 Å². The van der Waals surface area contributed by atoms with E-state index in [1.54, 1.807) is 6.07 Å². The maximum Gasteiger partial charge on any atom is 0.237 e. The van der Waals surface area contributed by atoms with E-state index in [4.69, 9.17) is 10.3 Å². The molecule has 78 valence electrons. The van der Waals surface area contributed by atoms with Crippen molar-refractivity contribution >= 4 is 5.91 Å². The Morgan fingerprint density at radius 1 is 1.79 bits per heavy atom. The number of aromatic nitrogens is 1. The highest BCUT2D eigenvalue weighted by Gasteiger charge is 2.10. The van der Waals surface area contributed by atoms with Crippen LogP contribution in [-0.4, -0.2) is 17.1 Å². The number of nitrogens with zero attached hydrogens (tertiary/aromatic N) is 1. The highest BCUT2D eigenvalue weighted by Crippen LogP contribution is 2.01. The van der Waals surface area contributed by atoms with Crippen LogP contribution in [0.2, 0.25) is 0 Å². The third-order valence-corrected chi connectivity index (χ3v) is 1.89. The van der Waals surface area contributed by atoms with Gasteiger partial charge in [0.15, 0.2) is 5.76 Å². The Morgan fingerprint density at radius 2 is 2.50 bits per heavy atom. The molecule has 5 heteroatoms. The molecule has 0 saturated heterocycles. The van der Waals surface area contributed by atoms with Crippen LogP contribution in [0.4, 0.5) is 0 Å². The minimum atomic E-state index is -0.445. The van der Waals surface area contributed by atoms with Crippen LogP contribution in [0, 0.1) is 6.92 Å². The molecule has 0 bridgehead atoms. The molecule has 0 aromatic carbocycles. The molecule has 1 rings (SSSR count). The lowest BCUT2D eigenvalue weighted by Crippen LogP contribution is -2.39. The average molecular weight is 197 g/mol. The molecule has 0 aliphatic heterocycles. The number of hydrogen-bond donors (Lipinski definition) is 2. The first-order valence-electron chi connectivity index (χ1n) is 4.59. The fourth-order valence-electron chi connectivity index (χ4n) is 0.990. The van der Waals surface area contributed by atoms with Gasteiger partial charge in [0.05, 0.1) is 18.3 Å². The lowest BCUT2D eigenvalue weighted by Gasteiger charge is -2.07. The summed E-state index contributed by atoms with van der Waals surface area (Å²) < 4.78 is 4.92. The summed E-state index contributed by atoms with van der Waals surface area (Å²) >= 11 is 0. The predicted molar refractivity (Wildman–Crippen MR) is 51.4 cm³/mol. The van der Waals surface area contributed by atoms with Gasteiger partial charge in [-0.1, -0.05) is 12.1 Å². The van der Waals surface area contributed by atoms with Gasteiger partial charge in [0.1, 0.15) is 0 Å². The smallest absolute Gasteiger partial charge is 0.237 e. The molecule has 0 spiro atoms. The van der Waals surface area contributed by atoms with Crippen LogP contribution >= 0.6 is 0 Å². The first kappa shape index (κ1) is 10.7. The minimum Gasteiger partial charge on any atom is -0.359 e. The average Bonchev–Trinajstić information content (AvgIpc) is 2.59. The molecule has 0 fully saturated rings. The molecule has 14 heavy (non-hydrogen) atoms. The third-order valence-electron chi connectivity index (χ3n) is 1.89. The second kappa shape index (κ2) is 4.76. The fourth-order valence-corrected chi connectivity index (χ4v) is 0.990. The molecule has 0 unspecified atom stereocenters. The van der Waals surface area contributed by atoms with Crippen LogP contribution in [0.1, 0.15) is 24.8 Å². The van der Waals surface area contributed by atoms with Crippen LogP contribution in [0.15, 0.2) is 10.6 Å². The molecular weight excluding hydrogens is 182 g/mol. The molecule has 0 aliphatic rings. The second-order valence-corrected chi connectivity index (χ2v) is 3.17. The zero-order chi connectivity index (χ0) is 10.6. The number of rotatable bonds is 4. The van der Waals surface area contributed by atoms with Crippen molar-refractivity contribution < 1.29 is 9.32 Å². The normalized spacial score (nSPS) is 12.5. The van der Waals surface area contributed by atoms with Crippen molar-refractivity contribution in [3.63, 3.8) is 0 Å². The number of hydrogen-bond acceptors (Lipinski definition) is 4. The molecule has 1 heterocycles. The maximum atomic E-state index is 11.3. The molecule has 1 atom stereocenters. The Bertz CT molecular complexity index is 309. The Balaban J connectivity index is 2.37. The van der Waals surface area contributed by atoms with Crippen LogP contribution in [0.25, 0.3) is 0 Å². The molecule has 1 aromatic heterocycles. The Kier molecular flexibility index (Phi) is 3.64. The quantitative estimate of drug-likeness (QED) is 0.729. The molecule has 3 N–H and O–H groups in total. The Labute approximate surface area is 82.6 Å². The highest BCUT2D eigenvalue weighted by molar-refractivity contribution is 5.81. The van der Waals surface area contributed by atoms with E-state index in [-0.39, 0.29) is 5.91 Å². The summed E-state index contributed by atoms with van der Waals surface area (Å²) in [5.41, 5.74) is 6.33. The Hall–Kier alpha value is -1.36. The molecular formula is C9H15N3O2. The van der Waals surface area contributed by atoms with Crippen LogP contribution < -0.4 is 11.1 Å². The van der Waals surface area contributed by atoms with Gasteiger partial charge >= 0.3 is 0 Å². The van der Waals surface area contributed by atoms with E-state index in [2.05, 4.69) is 10.5 Å². The topological polar surface area (TPSA) is 81.2 Å². The molecule has 0 aliphatic carbocycles. The lowest BCUT2D eigenvalue weighted by molar-refractivity contribution is -0.122. The summed E-state index contributed by atoms with van der Waals surface area (Å²) in [7, 11) is 0. The van der Waals surface area contributed by atoms with Gasteiger partial charge in [0, 0.05) is 6.07 Å². The SMILES string of the molecule is CC[C@@H](N)C(=O)NCc1cc(C)no1. The molecule has 1 amide bonds. The first-order chi connectivity index (χ1) is 6.63. The number of carbonyl (C=O) groups is 1. The molecule has 1 aromatic rings. The second-order valence-electron chi connectivity index (χ2n) is 3.17. The van der Waals surface area contributed by atoms with Crippen molar-refractivity contribution in [2.24, 2.45) is 5.73 Å². The number of aryl methyl sites for hydroxylation is 1. The van der Waals surface area contributed by atoms with Crippen molar-refractivity contribution in [3.05, 3.63) is 17.5 Å². The summed E-state index contributed by atoms with van der Waals surface area (Å²) in [4.78, 5) is 11.3. The maximum absolute atomic E-state index is 11.3. The molecule has 0 saturated carbocycles. The largest absolute Gasteiger partial charge is 0.359 e. The minimum absolute atomic E-state index is 0.165. The zero-order valence-corrected chi connectivity index (χ0v) is 8.41. The van der Waals surface area contributed by atoms with E-state index in [0.29, 0.717) is 18.7 Å². The van der Waals surface area contributed by atoms with Gasteiger partial charge in [-0.15, -0.1) is 0 Å². The number of amides is 1. The first-order valence-corrected chi connectivity index (χ1v) is 4.59.